The molecule has 0 amide bonds. The molecule has 8 nitrogen and oxygen atoms in total. The SMILES string of the molecule is CC(=O)OCn1nc([N+](=O)[O-])nc1C. The third-order valence-electron chi connectivity index (χ3n) is 1.40. The summed E-state index contributed by atoms with van der Waals surface area (Å²) in [5, 5.41) is 13.8. The number of nitrogens with zero attached hydrogens (tertiary/aromatic N) is 4. The lowest BCUT2D eigenvalue weighted by Gasteiger charge is -1.97. The Morgan fingerprint density at radius 2 is 2.36 bits per heavy atom. The number of hydrogen-bond donors (Lipinski definition) is 0. The third kappa shape index (κ3) is 2.25. The molecular formula is C6H8N4O4. The first-order valence-electron chi connectivity index (χ1n) is 3.70. The molecule has 8 heteroatoms. The third-order valence-corrected chi connectivity index (χ3v) is 1.40. The second-order valence-corrected chi connectivity index (χ2v) is 2.48. The molecule has 0 radical (unpaired) electrons. The van der Waals surface area contributed by atoms with Crippen molar-refractivity contribution in [1.29, 1.82) is 0 Å². The summed E-state index contributed by atoms with van der Waals surface area (Å²) in [6, 6.07) is 0. The molecule has 1 rings (SSSR count). The molecule has 0 N–H and O–H groups in total. The van der Waals surface area contributed by atoms with Gasteiger partial charge in [0.1, 0.15) is 0 Å². The fraction of sp³-hybridized carbons (Fsp3) is 0.500. The Morgan fingerprint density at radius 1 is 1.71 bits per heavy atom. The fourth-order valence-corrected chi connectivity index (χ4v) is 0.757. The van der Waals surface area contributed by atoms with Crippen molar-refractivity contribution in [3.05, 3.63) is 15.9 Å². The highest BCUT2D eigenvalue weighted by atomic mass is 16.6. The van der Waals surface area contributed by atoms with Gasteiger partial charge in [-0.25, -0.2) is 0 Å². The van der Waals surface area contributed by atoms with Crippen molar-refractivity contribution in [1.82, 2.24) is 14.8 Å². The second-order valence-electron chi connectivity index (χ2n) is 2.48. The van der Waals surface area contributed by atoms with Gasteiger partial charge in [-0.3, -0.25) is 4.79 Å². The number of nitro groups is 1. The zero-order valence-electron chi connectivity index (χ0n) is 7.63. The standard InChI is InChI=1S/C6H8N4O4/c1-4-7-6(10(12)13)8-9(4)3-14-5(2)11/h3H2,1-2H3. The molecule has 0 aliphatic carbocycles. The lowest BCUT2D eigenvalue weighted by atomic mass is 10.7. The predicted molar refractivity (Wildman–Crippen MR) is 43.2 cm³/mol. The van der Waals surface area contributed by atoms with E-state index in [9.17, 15) is 14.9 Å². The summed E-state index contributed by atoms with van der Waals surface area (Å²) in [7, 11) is 0. The lowest BCUT2D eigenvalue weighted by Crippen LogP contribution is -2.09. The lowest BCUT2D eigenvalue weighted by molar-refractivity contribution is -0.394. The molecule has 0 spiro atoms. The number of esters is 1. The van der Waals surface area contributed by atoms with E-state index in [4.69, 9.17) is 0 Å². The molecule has 76 valence electrons. The van der Waals surface area contributed by atoms with E-state index in [1.165, 1.54) is 13.8 Å². The van der Waals surface area contributed by atoms with Crippen molar-refractivity contribution in [2.45, 2.75) is 20.6 Å². The number of hydrogen-bond acceptors (Lipinski definition) is 6. The average molecular weight is 200 g/mol. The van der Waals surface area contributed by atoms with Gasteiger partial charge in [-0.15, -0.1) is 4.68 Å². The summed E-state index contributed by atoms with van der Waals surface area (Å²) >= 11 is 0. The number of aromatic nitrogens is 3. The van der Waals surface area contributed by atoms with Gasteiger partial charge in [-0.1, -0.05) is 0 Å². The number of ether oxygens (including phenoxy) is 1. The van der Waals surface area contributed by atoms with Crippen molar-refractivity contribution in [2.24, 2.45) is 0 Å². The molecule has 0 atom stereocenters. The van der Waals surface area contributed by atoms with E-state index in [0.717, 1.165) is 4.68 Å². The summed E-state index contributed by atoms with van der Waals surface area (Å²) in [6.07, 6.45) is 0. The van der Waals surface area contributed by atoms with E-state index in [1.54, 1.807) is 0 Å². The molecule has 0 saturated heterocycles. The molecule has 1 aromatic rings. The van der Waals surface area contributed by atoms with Crippen LogP contribution in [0.5, 0.6) is 0 Å². The fourth-order valence-electron chi connectivity index (χ4n) is 0.757. The number of carbonyl (C=O) groups is 1. The summed E-state index contributed by atoms with van der Waals surface area (Å²) in [6.45, 7) is 2.60. The molecule has 0 aliphatic heterocycles. The smallest absolute Gasteiger partial charge is 0.441 e. The van der Waals surface area contributed by atoms with Crippen LogP contribution in [-0.4, -0.2) is 25.7 Å². The highest BCUT2D eigenvalue weighted by Gasteiger charge is 2.18. The average Bonchev–Trinajstić information content (AvgIpc) is 2.43. The Bertz CT molecular complexity index is 372. The second kappa shape index (κ2) is 3.81. The summed E-state index contributed by atoms with van der Waals surface area (Å²) in [5.41, 5.74) is 0. The maximum absolute atomic E-state index is 10.5. The number of carbonyl (C=O) groups excluding carboxylic acids is 1. The van der Waals surface area contributed by atoms with Crippen LogP contribution in [0.25, 0.3) is 0 Å². The van der Waals surface area contributed by atoms with Gasteiger partial charge in [0.15, 0.2) is 0 Å². The van der Waals surface area contributed by atoms with Crippen molar-refractivity contribution in [2.75, 3.05) is 0 Å². The maximum atomic E-state index is 10.5. The molecule has 14 heavy (non-hydrogen) atoms. The Morgan fingerprint density at radius 3 is 2.79 bits per heavy atom. The van der Waals surface area contributed by atoms with Crippen molar-refractivity contribution < 1.29 is 14.5 Å². The Kier molecular flexibility index (Phi) is 2.75. The van der Waals surface area contributed by atoms with Crippen LogP contribution in [0.1, 0.15) is 12.7 Å². The van der Waals surface area contributed by atoms with E-state index < -0.39 is 16.8 Å². The minimum absolute atomic E-state index is 0.165. The highest BCUT2D eigenvalue weighted by Crippen LogP contribution is 2.04. The van der Waals surface area contributed by atoms with E-state index in [2.05, 4.69) is 14.8 Å². The maximum Gasteiger partial charge on any atom is 0.491 e. The molecule has 1 heterocycles. The van der Waals surface area contributed by atoms with Crippen molar-refractivity contribution in [3.63, 3.8) is 0 Å². The minimum Gasteiger partial charge on any atom is -0.441 e. The van der Waals surface area contributed by atoms with E-state index >= 15 is 0 Å². The van der Waals surface area contributed by atoms with E-state index in [0.29, 0.717) is 5.82 Å². The molecule has 1 aromatic heterocycles. The van der Waals surface area contributed by atoms with Gasteiger partial charge in [0.25, 0.3) is 0 Å². The first-order chi connectivity index (χ1) is 6.50. The number of rotatable bonds is 3. The van der Waals surface area contributed by atoms with Crippen LogP contribution < -0.4 is 0 Å². The van der Waals surface area contributed by atoms with Gasteiger partial charge in [-0.05, 0) is 9.91 Å². The van der Waals surface area contributed by atoms with Crippen LogP contribution in [0, 0.1) is 17.0 Å². The van der Waals surface area contributed by atoms with Gasteiger partial charge in [-0.2, -0.15) is 0 Å². The monoisotopic (exact) mass is 200 g/mol. The van der Waals surface area contributed by atoms with Gasteiger partial charge in [0.2, 0.25) is 12.6 Å². The molecule has 0 aromatic carbocycles. The molecule has 0 unspecified atom stereocenters. The van der Waals surface area contributed by atoms with Crippen LogP contribution in [0.4, 0.5) is 5.95 Å². The highest BCUT2D eigenvalue weighted by molar-refractivity contribution is 5.65. The minimum atomic E-state index is -0.711. The van der Waals surface area contributed by atoms with Gasteiger partial charge < -0.3 is 14.9 Å². The Balaban J connectivity index is 2.77. The summed E-state index contributed by atoms with van der Waals surface area (Å²) < 4.78 is 5.74. The topological polar surface area (TPSA) is 100 Å². The van der Waals surface area contributed by atoms with Crippen molar-refractivity contribution in [3.8, 4) is 0 Å². The van der Waals surface area contributed by atoms with Gasteiger partial charge >= 0.3 is 11.9 Å². The zero-order valence-corrected chi connectivity index (χ0v) is 7.63. The van der Waals surface area contributed by atoms with Crippen molar-refractivity contribution >= 4 is 11.9 Å². The van der Waals surface area contributed by atoms with E-state index in [1.807, 2.05) is 0 Å². The van der Waals surface area contributed by atoms with E-state index in [-0.39, 0.29) is 6.73 Å². The van der Waals surface area contributed by atoms with Crippen LogP contribution >= 0.6 is 0 Å². The van der Waals surface area contributed by atoms with Gasteiger partial charge in [0, 0.05) is 18.9 Å². The zero-order chi connectivity index (χ0) is 10.7. The quantitative estimate of drug-likeness (QED) is 0.387. The van der Waals surface area contributed by atoms with Gasteiger partial charge in [0.05, 0.1) is 0 Å². The molecule has 0 bridgehead atoms. The predicted octanol–water partition coefficient (Wildman–Crippen LogP) is 0.0153. The Labute approximate surface area is 78.6 Å². The Hall–Kier alpha value is -1.99. The van der Waals surface area contributed by atoms with Crippen LogP contribution in [-0.2, 0) is 16.3 Å². The molecule has 0 saturated carbocycles. The molecular weight excluding hydrogens is 192 g/mol. The summed E-state index contributed by atoms with van der Waals surface area (Å²) in [5.74, 6) is -0.671. The molecule has 0 aliphatic rings. The first-order valence-corrected chi connectivity index (χ1v) is 3.70. The van der Waals surface area contributed by atoms with Crippen LogP contribution in [0.15, 0.2) is 0 Å². The van der Waals surface area contributed by atoms with Crippen LogP contribution in [0.3, 0.4) is 0 Å². The number of aryl methyl sites for hydroxylation is 1. The van der Waals surface area contributed by atoms with Crippen LogP contribution in [0.2, 0.25) is 0 Å². The largest absolute Gasteiger partial charge is 0.491 e. The summed E-state index contributed by atoms with van der Waals surface area (Å²) in [4.78, 5) is 23.6. The molecule has 0 fully saturated rings. The first kappa shape index (κ1) is 10.1. The normalized spacial score (nSPS) is 9.86.